The van der Waals surface area contributed by atoms with Gasteiger partial charge < -0.3 is 4.57 Å². The number of carbonyl (C=O) groups is 1. The van der Waals surface area contributed by atoms with Gasteiger partial charge in [0.2, 0.25) is 0 Å². The molecule has 11 heavy (non-hydrogen) atoms. The van der Waals surface area contributed by atoms with Crippen LogP contribution in [-0.2, 0) is 13.0 Å². The number of hydrogen-bond donors (Lipinski definition) is 0. The number of fused-ring (bicyclic) bond motifs is 1. The average molecular weight is 150 g/mol. The molecule has 1 aromatic rings. The first-order chi connectivity index (χ1) is 5.42. The van der Waals surface area contributed by atoms with Gasteiger partial charge in [0.15, 0.2) is 6.29 Å². The summed E-state index contributed by atoms with van der Waals surface area (Å²) in [6.45, 7) is 1.02. The van der Waals surface area contributed by atoms with Gasteiger partial charge in [-0.15, -0.1) is 0 Å². The number of hydrogen-bond acceptors (Lipinski definition) is 2. The van der Waals surface area contributed by atoms with Crippen molar-refractivity contribution in [3.8, 4) is 0 Å². The maximum Gasteiger partial charge on any atom is 0.170 e. The molecule has 1 aliphatic rings. The Balaban J connectivity index is 2.45. The van der Waals surface area contributed by atoms with Gasteiger partial charge in [-0.3, -0.25) is 4.79 Å². The Bertz CT molecular complexity index is 278. The number of rotatable bonds is 1. The summed E-state index contributed by atoms with van der Waals surface area (Å²) in [5.74, 6) is 0. The zero-order chi connectivity index (χ0) is 7.68. The molecule has 0 aromatic carbocycles. The third-order valence-electron chi connectivity index (χ3n) is 2.15. The summed E-state index contributed by atoms with van der Waals surface area (Å²) in [4.78, 5) is 14.5. The standard InChI is InChI=1S/C8H10N2O/c11-5-7-8-3-1-2-4-10(8)6-9-7/h5-6H,1-4H2. The van der Waals surface area contributed by atoms with Crippen LogP contribution in [0, 0.1) is 0 Å². The van der Waals surface area contributed by atoms with E-state index in [4.69, 9.17) is 0 Å². The summed E-state index contributed by atoms with van der Waals surface area (Å²) < 4.78 is 2.08. The molecular weight excluding hydrogens is 140 g/mol. The average Bonchev–Trinajstić information content (AvgIpc) is 2.47. The minimum atomic E-state index is 0.629. The second-order valence-corrected chi connectivity index (χ2v) is 2.84. The van der Waals surface area contributed by atoms with Crippen molar-refractivity contribution < 1.29 is 4.79 Å². The van der Waals surface area contributed by atoms with E-state index < -0.39 is 0 Å². The summed E-state index contributed by atoms with van der Waals surface area (Å²) in [6.07, 6.45) is 6.01. The highest BCUT2D eigenvalue weighted by atomic mass is 16.1. The van der Waals surface area contributed by atoms with Crippen molar-refractivity contribution >= 4 is 6.29 Å². The molecule has 0 fully saturated rings. The fraction of sp³-hybridized carbons (Fsp3) is 0.500. The Morgan fingerprint density at radius 1 is 1.55 bits per heavy atom. The quantitative estimate of drug-likeness (QED) is 0.560. The maximum atomic E-state index is 10.5. The monoisotopic (exact) mass is 150 g/mol. The SMILES string of the molecule is O=Cc1ncn2c1CCCC2. The van der Waals surface area contributed by atoms with Crippen molar-refractivity contribution in [2.24, 2.45) is 0 Å². The van der Waals surface area contributed by atoms with Crippen molar-refractivity contribution in [2.75, 3.05) is 0 Å². The van der Waals surface area contributed by atoms with Crippen molar-refractivity contribution in [1.29, 1.82) is 0 Å². The van der Waals surface area contributed by atoms with Crippen LogP contribution in [0.25, 0.3) is 0 Å². The molecule has 0 saturated heterocycles. The van der Waals surface area contributed by atoms with Gasteiger partial charge in [-0.05, 0) is 19.3 Å². The Morgan fingerprint density at radius 2 is 2.45 bits per heavy atom. The van der Waals surface area contributed by atoms with Gasteiger partial charge in [-0.2, -0.15) is 0 Å². The second-order valence-electron chi connectivity index (χ2n) is 2.84. The highest BCUT2D eigenvalue weighted by molar-refractivity contribution is 5.73. The summed E-state index contributed by atoms with van der Waals surface area (Å²) in [5, 5.41) is 0. The number of aryl methyl sites for hydroxylation is 1. The first-order valence-corrected chi connectivity index (χ1v) is 3.91. The first-order valence-electron chi connectivity index (χ1n) is 3.91. The molecular formula is C8H10N2O. The second kappa shape index (κ2) is 2.49. The molecule has 0 saturated carbocycles. The molecule has 0 spiro atoms. The van der Waals surface area contributed by atoms with E-state index in [0.29, 0.717) is 5.69 Å². The number of carbonyl (C=O) groups excluding carboxylic acids is 1. The summed E-state index contributed by atoms with van der Waals surface area (Å²) in [7, 11) is 0. The Kier molecular flexibility index (Phi) is 1.49. The van der Waals surface area contributed by atoms with Crippen LogP contribution in [0.2, 0.25) is 0 Å². The largest absolute Gasteiger partial charge is 0.334 e. The lowest BCUT2D eigenvalue weighted by Crippen LogP contribution is -2.09. The van der Waals surface area contributed by atoms with Crippen molar-refractivity contribution in [3.05, 3.63) is 17.7 Å². The molecule has 58 valence electrons. The van der Waals surface area contributed by atoms with Gasteiger partial charge in [0.05, 0.1) is 6.33 Å². The van der Waals surface area contributed by atoms with Crippen LogP contribution >= 0.6 is 0 Å². The van der Waals surface area contributed by atoms with Gasteiger partial charge in [0.1, 0.15) is 5.69 Å². The fourth-order valence-corrected chi connectivity index (χ4v) is 1.56. The molecule has 0 amide bonds. The van der Waals surface area contributed by atoms with Crippen LogP contribution in [0.5, 0.6) is 0 Å². The van der Waals surface area contributed by atoms with Crippen LogP contribution in [0.1, 0.15) is 29.0 Å². The molecule has 0 atom stereocenters. The smallest absolute Gasteiger partial charge is 0.170 e. The molecule has 3 heteroatoms. The molecule has 3 nitrogen and oxygen atoms in total. The zero-order valence-corrected chi connectivity index (χ0v) is 6.29. The van der Waals surface area contributed by atoms with E-state index in [1.807, 2.05) is 0 Å². The molecule has 0 unspecified atom stereocenters. The predicted molar refractivity (Wildman–Crippen MR) is 40.6 cm³/mol. The van der Waals surface area contributed by atoms with Gasteiger partial charge in [0, 0.05) is 12.2 Å². The van der Waals surface area contributed by atoms with E-state index in [1.165, 1.54) is 12.8 Å². The van der Waals surface area contributed by atoms with Gasteiger partial charge in [-0.25, -0.2) is 4.98 Å². The van der Waals surface area contributed by atoms with Gasteiger partial charge in [-0.1, -0.05) is 0 Å². The number of aromatic nitrogens is 2. The van der Waals surface area contributed by atoms with E-state index >= 15 is 0 Å². The van der Waals surface area contributed by atoms with Crippen LogP contribution < -0.4 is 0 Å². The Labute approximate surface area is 65.1 Å². The lowest BCUT2D eigenvalue weighted by Gasteiger charge is -2.13. The van der Waals surface area contributed by atoms with Crippen molar-refractivity contribution in [2.45, 2.75) is 25.8 Å². The Hall–Kier alpha value is -1.12. The summed E-state index contributed by atoms with van der Waals surface area (Å²) in [5.41, 5.74) is 1.75. The molecule has 0 bridgehead atoms. The highest BCUT2D eigenvalue weighted by Crippen LogP contribution is 2.15. The van der Waals surface area contributed by atoms with E-state index in [-0.39, 0.29) is 0 Å². The maximum absolute atomic E-state index is 10.5. The Morgan fingerprint density at radius 3 is 3.27 bits per heavy atom. The van der Waals surface area contributed by atoms with Crippen LogP contribution in [0.3, 0.4) is 0 Å². The number of aldehydes is 1. The van der Waals surface area contributed by atoms with Crippen LogP contribution in [-0.4, -0.2) is 15.8 Å². The molecule has 1 aliphatic heterocycles. The van der Waals surface area contributed by atoms with Gasteiger partial charge in [0.25, 0.3) is 0 Å². The molecule has 0 aliphatic carbocycles. The zero-order valence-electron chi connectivity index (χ0n) is 6.29. The van der Waals surface area contributed by atoms with Crippen molar-refractivity contribution in [3.63, 3.8) is 0 Å². The first kappa shape index (κ1) is 6.58. The normalized spacial score (nSPS) is 16.0. The van der Waals surface area contributed by atoms with E-state index in [0.717, 1.165) is 24.9 Å². The molecule has 0 N–H and O–H groups in total. The van der Waals surface area contributed by atoms with Crippen LogP contribution in [0.4, 0.5) is 0 Å². The van der Waals surface area contributed by atoms with Gasteiger partial charge >= 0.3 is 0 Å². The third-order valence-corrected chi connectivity index (χ3v) is 2.15. The highest BCUT2D eigenvalue weighted by Gasteiger charge is 2.13. The minimum absolute atomic E-state index is 0.629. The fourth-order valence-electron chi connectivity index (χ4n) is 1.56. The molecule has 0 radical (unpaired) electrons. The van der Waals surface area contributed by atoms with Crippen LogP contribution in [0.15, 0.2) is 6.33 Å². The minimum Gasteiger partial charge on any atom is -0.334 e. The summed E-state index contributed by atoms with van der Waals surface area (Å²) in [6, 6.07) is 0. The summed E-state index contributed by atoms with van der Waals surface area (Å²) >= 11 is 0. The lowest BCUT2D eigenvalue weighted by molar-refractivity contribution is 0.111. The third kappa shape index (κ3) is 0.964. The lowest BCUT2D eigenvalue weighted by atomic mass is 10.1. The molecule has 2 rings (SSSR count). The number of nitrogens with zero attached hydrogens (tertiary/aromatic N) is 2. The molecule has 2 heterocycles. The predicted octanol–water partition coefficient (Wildman–Crippen LogP) is 1.03. The van der Waals surface area contributed by atoms with E-state index in [2.05, 4.69) is 9.55 Å². The molecule has 1 aromatic heterocycles. The van der Waals surface area contributed by atoms with E-state index in [1.54, 1.807) is 6.33 Å². The number of imidazole rings is 1. The van der Waals surface area contributed by atoms with E-state index in [9.17, 15) is 4.79 Å². The topological polar surface area (TPSA) is 34.9 Å². The van der Waals surface area contributed by atoms with Crippen molar-refractivity contribution in [1.82, 2.24) is 9.55 Å².